The summed E-state index contributed by atoms with van der Waals surface area (Å²) in [5.74, 6) is -0.263. The van der Waals surface area contributed by atoms with Crippen LogP contribution >= 0.6 is 17.0 Å². The number of carbonyl (C=O) groups is 2. The third-order valence-electron chi connectivity index (χ3n) is 3.11. The number of aromatic nitrogens is 1. The van der Waals surface area contributed by atoms with Gasteiger partial charge in [-0.1, -0.05) is 36.4 Å². The van der Waals surface area contributed by atoms with Crippen molar-refractivity contribution in [3.8, 4) is 0 Å². The molecule has 2 aromatic rings. The minimum absolute atomic E-state index is 0. The van der Waals surface area contributed by atoms with Crippen LogP contribution in [0.2, 0.25) is 0 Å². The molecule has 1 aromatic carbocycles. The number of hydrogen-bond donors (Lipinski definition) is 0. The Morgan fingerprint density at radius 2 is 1.83 bits per heavy atom. The Morgan fingerprint density at radius 3 is 2.48 bits per heavy atom. The highest BCUT2D eigenvalue weighted by atomic mass is 79.9. The molecule has 23 heavy (non-hydrogen) atoms. The average molecular weight is 376 g/mol. The molecule has 0 radical (unpaired) electrons. The lowest BCUT2D eigenvalue weighted by atomic mass is 10.1. The van der Waals surface area contributed by atoms with Gasteiger partial charge in [0.05, 0.1) is 13.0 Å². The van der Waals surface area contributed by atoms with Crippen LogP contribution in [0.4, 0.5) is 0 Å². The summed E-state index contributed by atoms with van der Waals surface area (Å²) >= 11 is 0. The van der Waals surface area contributed by atoms with Crippen LogP contribution in [0, 0.1) is 0 Å². The van der Waals surface area contributed by atoms with Gasteiger partial charge in [0, 0.05) is 18.0 Å². The second kappa shape index (κ2) is 9.69. The molecule has 0 amide bonds. The van der Waals surface area contributed by atoms with Crippen LogP contribution in [0.1, 0.15) is 34.0 Å². The first-order valence-corrected chi connectivity index (χ1v) is 7.04. The third-order valence-corrected chi connectivity index (χ3v) is 3.11. The van der Waals surface area contributed by atoms with Gasteiger partial charge in [-0.15, -0.1) is 17.0 Å². The predicted octanol–water partition coefficient (Wildman–Crippen LogP) is 3.75. The fraction of sp³-hybridized carbons (Fsp3) is 0.167. The van der Waals surface area contributed by atoms with E-state index in [2.05, 4.69) is 4.98 Å². The second-order valence-electron chi connectivity index (χ2n) is 4.67. The molecule has 0 aliphatic rings. The van der Waals surface area contributed by atoms with Gasteiger partial charge in [0.1, 0.15) is 6.29 Å². The summed E-state index contributed by atoms with van der Waals surface area (Å²) in [6.45, 7) is 2.15. The minimum Gasteiger partial charge on any atom is -0.466 e. The Balaban J connectivity index is 0.00000264. The molecule has 1 aromatic heterocycles. The zero-order chi connectivity index (χ0) is 15.8. The minimum atomic E-state index is -0.263. The van der Waals surface area contributed by atoms with Gasteiger partial charge in [0.15, 0.2) is 0 Å². The van der Waals surface area contributed by atoms with Crippen molar-refractivity contribution in [3.05, 3.63) is 65.0 Å². The summed E-state index contributed by atoms with van der Waals surface area (Å²) in [5, 5.41) is 0. The Morgan fingerprint density at radius 1 is 1.13 bits per heavy atom. The molecule has 4 nitrogen and oxygen atoms in total. The Labute approximate surface area is 146 Å². The summed E-state index contributed by atoms with van der Waals surface area (Å²) in [5.41, 5.74) is 3.36. The van der Waals surface area contributed by atoms with E-state index < -0.39 is 0 Å². The highest BCUT2D eigenvalue weighted by Crippen LogP contribution is 2.14. The molecule has 0 N–H and O–H groups in total. The smallest absolute Gasteiger partial charge is 0.310 e. The lowest BCUT2D eigenvalue weighted by Crippen LogP contribution is -2.08. The van der Waals surface area contributed by atoms with Crippen molar-refractivity contribution in [1.29, 1.82) is 0 Å². The van der Waals surface area contributed by atoms with E-state index in [1.165, 1.54) is 0 Å². The summed E-state index contributed by atoms with van der Waals surface area (Å²) in [6.07, 6.45) is 8.22. The van der Waals surface area contributed by atoms with Crippen molar-refractivity contribution in [3.63, 3.8) is 0 Å². The molecule has 120 valence electrons. The van der Waals surface area contributed by atoms with Gasteiger partial charge < -0.3 is 4.74 Å². The van der Waals surface area contributed by atoms with E-state index in [0.717, 1.165) is 23.0 Å². The summed E-state index contributed by atoms with van der Waals surface area (Å²) < 4.78 is 4.97. The van der Waals surface area contributed by atoms with Gasteiger partial charge in [-0.2, -0.15) is 0 Å². The molecule has 0 unspecified atom stereocenters. The molecule has 0 fully saturated rings. The number of hydrogen-bond acceptors (Lipinski definition) is 4. The molecule has 1 heterocycles. The topological polar surface area (TPSA) is 56.3 Å². The van der Waals surface area contributed by atoms with Gasteiger partial charge in [-0.05, 0) is 29.7 Å². The van der Waals surface area contributed by atoms with Crippen molar-refractivity contribution in [2.45, 2.75) is 13.3 Å². The number of esters is 1. The van der Waals surface area contributed by atoms with Gasteiger partial charge in [0.25, 0.3) is 0 Å². The Hall–Kier alpha value is -2.27. The van der Waals surface area contributed by atoms with Crippen molar-refractivity contribution in [1.82, 2.24) is 4.98 Å². The van der Waals surface area contributed by atoms with Gasteiger partial charge in [-0.25, -0.2) is 0 Å². The molecule has 5 heteroatoms. The zero-order valence-electron chi connectivity index (χ0n) is 12.8. The van der Waals surface area contributed by atoms with E-state index in [0.29, 0.717) is 12.2 Å². The van der Waals surface area contributed by atoms with E-state index in [4.69, 9.17) is 4.74 Å². The van der Waals surface area contributed by atoms with Crippen molar-refractivity contribution in [2.75, 3.05) is 6.61 Å². The summed E-state index contributed by atoms with van der Waals surface area (Å²) in [7, 11) is 0. The summed E-state index contributed by atoms with van der Waals surface area (Å²) in [4.78, 5) is 26.3. The Kier molecular flexibility index (Phi) is 7.91. The lowest BCUT2D eigenvalue weighted by Gasteiger charge is -2.05. The molecular formula is C18H18BrNO3. The fourth-order valence-corrected chi connectivity index (χ4v) is 1.99. The standard InChI is InChI=1S/C18H17NO3.BrH/c1-2-22-18(21)11-17-12-19-10-9-16(17)8-7-14-3-5-15(13-20)6-4-14;/h3-10,12-13H,2,11H2,1H3;1H. The second-order valence-corrected chi connectivity index (χ2v) is 4.67. The quantitative estimate of drug-likeness (QED) is 0.569. The maximum Gasteiger partial charge on any atom is 0.310 e. The maximum atomic E-state index is 11.6. The van der Waals surface area contributed by atoms with Crippen LogP contribution in [0.25, 0.3) is 12.2 Å². The van der Waals surface area contributed by atoms with Crippen molar-refractivity contribution in [2.24, 2.45) is 0 Å². The van der Waals surface area contributed by atoms with E-state index in [-0.39, 0.29) is 29.4 Å². The molecule has 0 spiro atoms. The van der Waals surface area contributed by atoms with E-state index in [1.807, 2.05) is 30.4 Å². The van der Waals surface area contributed by atoms with Crippen LogP contribution in [-0.2, 0) is 16.0 Å². The SMILES string of the molecule is Br.CCOC(=O)Cc1cnccc1C=Cc1ccc(C=O)cc1. The first-order chi connectivity index (χ1) is 10.7. The van der Waals surface area contributed by atoms with Crippen LogP contribution in [0.5, 0.6) is 0 Å². The van der Waals surface area contributed by atoms with Crippen LogP contribution < -0.4 is 0 Å². The molecule has 2 rings (SSSR count). The van der Waals surface area contributed by atoms with Gasteiger partial charge in [0.2, 0.25) is 0 Å². The van der Waals surface area contributed by atoms with E-state index in [9.17, 15) is 9.59 Å². The molecule has 0 aliphatic heterocycles. The fourth-order valence-electron chi connectivity index (χ4n) is 1.99. The van der Waals surface area contributed by atoms with Crippen LogP contribution in [-0.4, -0.2) is 23.8 Å². The molecule has 0 saturated carbocycles. The lowest BCUT2D eigenvalue weighted by molar-refractivity contribution is -0.142. The number of aldehydes is 1. The number of benzene rings is 1. The number of halogens is 1. The highest BCUT2D eigenvalue weighted by Gasteiger charge is 2.07. The van der Waals surface area contributed by atoms with E-state index in [1.54, 1.807) is 31.5 Å². The van der Waals surface area contributed by atoms with Gasteiger partial charge in [-0.3, -0.25) is 14.6 Å². The molecular weight excluding hydrogens is 358 g/mol. The third kappa shape index (κ3) is 5.79. The molecule has 0 saturated heterocycles. The molecule has 0 bridgehead atoms. The van der Waals surface area contributed by atoms with Crippen molar-refractivity contribution >= 4 is 41.4 Å². The zero-order valence-corrected chi connectivity index (χ0v) is 14.5. The summed E-state index contributed by atoms with van der Waals surface area (Å²) in [6, 6.07) is 9.11. The number of rotatable bonds is 6. The molecule has 0 atom stereocenters. The first-order valence-electron chi connectivity index (χ1n) is 7.04. The Bertz CT molecular complexity index is 681. The first kappa shape index (κ1) is 18.8. The maximum absolute atomic E-state index is 11.6. The molecule has 0 aliphatic carbocycles. The monoisotopic (exact) mass is 375 g/mol. The number of ether oxygens (including phenoxy) is 1. The number of nitrogens with zero attached hydrogens (tertiary/aromatic N) is 1. The van der Waals surface area contributed by atoms with Crippen LogP contribution in [0.3, 0.4) is 0 Å². The number of pyridine rings is 1. The largest absolute Gasteiger partial charge is 0.466 e. The van der Waals surface area contributed by atoms with Gasteiger partial charge >= 0.3 is 5.97 Å². The van der Waals surface area contributed by atoms with E-state index >= 15 is 0 Å². The van der Waals surface area contributed by atoms with Crippen LogP contribution in [0.15, 0.2) is 42.7 Å². The highest BCUT2D eigenvalue weighted by molar-refractivity contribution is 8.93. The normalized spacial score (nSPS) is 10.1. The number of carbonyl (C=O) groups excluding carboxylic acids is 2. The average Bonchev–Trinajstić information content (AvgIpc) is 2.55. The predicted molar refractivity (Wildman–Crippen MR) is 95.7 cm³/mol. The van der Waals surface area contributed by atoms with Crippen molar-refractivity contribution < 1.29 is 14.3 Å².